The molecular weight excluding hydrogens is 244 g/mol. The van der Waals surface area contributed by atoms with Crippen molar-refractivity contribution < 1.29 is 9.66 Å². The molecule has 0 aromatic heterocycles. The van der Waals surface area contributed by atoms with Crippen molar-refractivity contribution in [2.24, 2.45) is 0 Å². The molecule has 0 aliphatic carbocycles. The molecule has 0 bridgehead atoms. The number of hydrogen-bond donors (Lipinski definition) is 1. The average molecular weight is 266 g/mol. The van der Waals surface area contributed by atoms with E-state index in [0.717, 1.165) is 12.0 Å². The number of methoxy groups -OCH3 is 1. The highest BCUT2D eigenvalue weighted by Crippen LogP contribution is 2.27. The van der Waals surface area contributed by atoms with Crippen LogP contribution >= 0.6 is 0 Å². The van der Waals surface area contributed by atoms with Gasteiger partial charge < -0.3 is 10.1 Å². The number of anilines is 1. The van der Waals surface area contributed by atoms with Crippen molar-refractivity contribution in [2.75, 3.05) is 12.4 Å². The third kappa shape index (κ3) is 4.52. The second-order valence-electron chi connectivity index (χ2n) is 5.49. The van der Waals surface area contributed by atoms with Crippen LogP contribution in [0.5, 0.6) is 0 Å². The zero-order chi connectivity index (χ0) is 14.6. The zero-order valence-electron chi connectivity index (χ0n) is 12.2. The van der Waals surface area contributed by atoms with Gasteiger partial charge in [-0.3, -0.25) is 10.1 Å². The Morgan fingerprint density at radius 1 is 1.47 bits per heavy atom. The van der Waals surface area contributed by atoms with Crippen LogP contribution in [0.2, 0.25) is 0 Å². The molecule has 0 aliphatic rings. The van der Waals surface area contributed by atoms with Crippen LogP contribution in [0.1, 0.15) is 32.8 Å². The molecule has 19 heavy (non-hydrogen) atoms. The lowest BCUT2D eigenvalue weighted by Gasteiger charge is -2.27. The first-order chi connectivity index (χ1) is 8.75. The molecule has 0 spiro atoms. The van der Waals surface area contributed by atoms with E-state index in [0.29, 0.717) is 5.69 Å². The Morgan fingerprint density at radius 3 is 2.63 bits per heavy atom. The molecule has 1 aromatic carbocycles. The summed E-state index contributed by atoms with van der Waals surface area (Å²) in [5.41, 5.74) is 1.28. The van der Waals surface area contributed by atoms with Gasteiger partial charge in [0.2, 0.25) is 0 Å². The summed E-state index contributed by atoms with van der Waals surface area (Å²) in [4.78, 5) is 10.7. The Bertz CT molecular complexity index is 458. The number of nitro groups is 1. The fourth-order valence-corrected chi connectivity index (χ4v) is 2.05. The highest BCUT2D eigenvalue weighted by Gasteiger charge is 2.22. The summed E-state index contributed by atoms with van der Waals surface area (Å²) in [6.07, 6.45) is 0.758. The molecule has 0 heterocycles. The van der Waals surface area contributed by atoms with Crippen LogP contribution in [0.15, 0.2) is 18.2 Å². The summed E-state index contributed by atoms with van der Waals surface area (Å²) in [6, 6.07) is 5.28. The lowest BCUT2D eigenvalue weighted by atomic mass is 9.99. The van der Waals surface area contributed by atoms with Crippen LogP contribution in [0.3, 0.4) is 0 Å². The predicted octanol–water partition coefficient (Wildman–Crippen LogP) is 3.52. The molecule has 0 saturated heterocycles. The quantitative estimate of drug-likeness (QED) is 0.632. The van der Waals surface area contributed by atoms with Gasteiger partial charge in [0, 0.05) is 19.2 Å². The van der Waals surface area contributed by atoms with Gasteiger partial charge in [0.1, 0.15) is 5.69 Å². The molecule has 5 heteroatoms. The monoisotopic (exact) mass is 266 g/mol. The maximum absolute atomic E-state index is 11.0. The minimum atomic E-state index is -0.358. The molecule has 1 atom stereocenters. The maximum Gasteiger partial charge on any atom is 0.292 e. The van der Waals surface area contributed by atoms with Crippen molar-refractivity contribution in [3.05, 3.63) is 33.9 Å². The van der Waals surface area contributed by atoms with Gasteiger partial charge in [0.25, 0.3) is 5.69 Å². The molecule has 1 unspecified atom stereocenters. The van der Waals surface area contributed by atoms with Crippen molar-refractivity contribution in [1.29, 1.82) is 0 Å². The number of nitro benzene ring substituents is 1. The minimum Gasteiger partial charge on any atom is -0.379 e. The molecule has 1 rings (SSSR count). The Balaban J connectivity index is 2.85. The largest absolute Gasteiger partial charge is 0.379 e. The summed E-state index contributed by atoms with van der Waals surface area (Å²) in [6.45, 7) is 7.82. The third-order valence-corrected chi connectivity index (χ3v) is 3.10. The minimum absolute atomic E-state index is 0.0800. The van der Waals surface area contributed by atoms with E-state index in [1.165, 1.54) is 0 Å². The third-order valence-electron chi connectivity index (χ3n) is 3.10. The molecule has 0 saturated carbocycles. The van der Waals surface area contributed by atoms with E-state index in [1.54, 1.807) is 19.2 Å². The highest BCUT2D eigenvalue weighted by molar-refractivity contribution is 5.62. The van der Waals surface area contributed by atoms with Crippen LogP contribution in [-0.4, -0.2) is 23.7 Å². The van der Waals surface area contributed by atoms with Crippen LogP contribution in [0.4, 0.5) is 11.4 Å². The lowest BCUT2D eigenvalue weighted by Crippen LogP contribution is -2.31. The zero-order valence-corrected chi connectivity index (χ0v) is 12.2. The van der Waals surface area contributed by atoms with Gasteiger partial charge in [-0.15, -0.1) is 0 Å². The summed E-state index contributed by atoms with van der Waals surface area (Å²) in [5, 5.41) is 14.2. The van der Waals surface area contributed by atoms with E-state index in [4.69, 9.17) is 4.74 Å². The molecule has 106 valence electrons. The van der Waals surface area contributed by atoms with Gasteiger partial charge >= 0.3 is 0 Å². The molecule has 1 N–H and O–H groups in total. The van der Waals surface area contributed by atoms with E-state index in [-0.39, 0.29) is 22.3 Å². The Hall–Kier alpha value is -1.62. The number of hydrogen-bond acceptors (Lipinski definition) is 4. The second kappa shape index (κ2) is 6.02. The maximum atomic E-state index is 11.0. The highest BCUT2D eigenvalue weighted by atomic mass is 16.6. The predicted molar refractivity (Wildman–Crippen MR) is 76.6 cm³/mol. The van der Waals surface area contributed by atoms with Gasteiger partial charge in [-0.05, 0) is 45.7 Å². The topological polar surface area (TPSA) is 64.4 Å². The van der Waals surface area contributed by atoms with Crippen molar-refractivity contribution in [2.45, 2.75) is 45.8 Å². The van der Waals surface area contributed by atoms with Crippen LogP contribution in [0.25, 0.3) is 0 Å². The molecule has 0 aliphatic heterocycles. The SMILES string of the molecule is COC(C)(C)CC(C)Nc1ccc(C)cc1[N+](=O)[O-]. The molecule has 0 amide bonds. The number of benzene rings is 1. The summed E-state index contributed by atoms with van der Waals surface area (Å²) in [5.74, 6) is 0. The number of nitrogens with one attached hydrogen (secondary N) is 1. The first-order valence-electron chi connectivity index (χ1n) is 6.32. The van der Waals surface area contributed by atoms with Crippen molar-refractivity contribution in [3.8, 4) is 0 Å². The number of ether oxygens (including phenoxy) is 1. The smallest absolute Gasteiger partial charge is 0.292 e. The lowest BCUT2D eigenvalue weighted by molar-refractivity contribution is -0.384. The normalized spacial score (nSPS) is 13.1. The molecular formula is C14H22N2O3. The van der Waals surface area contributed by atoms with Crippen molar-refractivity contribution >= 4 is 11.4 Å². The standard InChI is InChI=1S/C14H22N2O3/c1-10-6-7-12(13(8-10)16(17)18)15-11(2)9-14(3,4)19-5/h6-8,11,15H,9H2,1-5H3. The summed E-state index contributed by atoms with van der Waals surface area (Å²) < 4.78 is 5.37. The number of nitrogens with zero attached hydrogens (tertiary/aromatic N) is 1. The van der Waals surface area contributed by atoms with Crippen LogP contribution in [0, 0.1) is 17.0 Å². The molecule has 0 radical (unpaired) electrons. The first-order valence-corrected chi connectivity index (χ1v) is 6.32. The first kappa shape index (κ1) is 15.4. The molecule has 1 aromatic rings. The van der Waals surface area contributed by atoms with Crippen molar-refractivity contribution in [1.82, 2.24) is 0 Å². The molecule has 0 fully saturated rings. The van der Waals surface area contributed by atoms with Gasteiger partial charge in [-0.2, -0.15) is 0 Å². The van der Waals surface area contributed by atoms with E-state index < -0.39 is 0 Å². The number of rotatable bonds is 6. The second-order valence-corrected chi connectivity index (χ2v) is 5.49. The Labute approximate surface area is 114 Å². The van der Waals surface area contributed by atoms with E-state index in [1.807, 2.05) is 33.8 Å². The van der Waals surface area contributed by atoms with Crippen LogP contribution in [-0.2, 0) is 4.74 Å². The van der Waals surface area contributed by atoms with E-state index >= 15 is 0 Å². The summed E-state index contributed by atoms with van der Waals surface area (Å²) in [7, 11) is 1.67. The fourth-order valence-electron chi connectivity index (χ4n) is 2.05. The van der Waals surface area contributed by atoms with Gasteiger partial charge in [0.15, 0.2) is 0 Å². The van der Waals surface area contributed by atoms with Gasteiger partial charge in [-0.25, -0.2) is 0 Å². The van der Waals surface area contributed by atoms with Crippen LogP contribution < -0.4 is 5.32 Å². The summed E-state index contributed by atoms with van der Waals surface area (Å²) >= 11 is 0. The molecule has 5 nitrogen and oxygen atoms in total. The van der Waals surface area contributed by atoms with Crippen molar-refractivity contribution in [3.63, 3.8) is 0 Å². The number of aryl methyl sites for hydroxylation is 1. The van der Waals surface area contributed by atoms with E-state index in [9.17, 15) is 10.1 Å². The fraction of sp³-hybridized carbons (Fsp3) is 0.571. The Morgan fingerprint density at radius 2 is 2.11 bits per heavy atom. The van der Waals surface area contributed by atoms with E-state index in [2.05, 4.69) is 5.32 Å². The Kier molecular flexibility index (Phi) is 4.89. The average Bonchev–Trinajstić information content (AvgIpc) is 2.30. The van der Waals surface area contributed by atoms with Gasteiger partial charge in [0.05, 0.1) is 10.5 Å². The van der Waals surface area contributed by atoms with Gasteiger partial charge in [-0.1, -0.05) is 6.07 Å².